The highest BCUT2D eigenvalue weighted by molar-refractivity contribution is 5.82. The molecule has 0 bridgehead atoms. The molecule has 2 aliphatic rings. The lowest BCUT2D eigenvalue weighted by molar-refractivity contribution is -0.139. The number of fused-ring (bicyclic) bond motifs is 1. The Morgan fingerprint density at radius 1 is 1.26 bits per heavy atom. The number of benzene rings is 1. The monoisotopic (exact) mass is 313 g/mol. The molecule has 1 saturated heterocycles. The maximum absolute atomic E-state index is 12.7. The van der Waals surface area contributed by atoms with Gasteiger partial charge in [0, 0.05) is 25.4 Å². The van der Waals surface area contributed by atoms with Crippen molar-refractivity contribution in [2.45, 2.75) is 38.2 Å². The van der Waals surface area contributed by atoms with Gasteiger partial charge in [-0.3, -0.25) is 4.79 Å². The van der Waals surface area contributed by atoms with Gasteiger partial charge in [-0.05, 0) is 31.4 Å². The average molecular weight is 313 g/mol. The van der Waals surface area contributed by atoms with Gasteiger partial charge in [0.05, 0.1) is 0 Å². The number of amides is 1. The summed E-state index contributed by atoms with van der Waals surface area (Å²) in [7, 11) is 0. The second kappa shape index (κ2) is 5.68. The first-order valence-electron chi connectivity index (χ1n) is 8.04. The van der Waals surface area contributed by atoms with Crippen molar-refractivity contribution < 1.29 is 14.1 Å². The molecule has 1 atom stereocenters. The molecule has 1 amide bonds. The second-order valence-corrected chi connectivity index (χ2v) is 6.20. The Balaban J connectivity index is 1.37. The molecule has 23 heavy (non-hydrogen) atoms. The summed E-state index contributed by atoms with van der Waals surface area (Å²) in [5.74, 6) is 2.53. The molecular formula is C17H19N3O3. The molecule has 3 heterocycles. The summed E-state index contributed by atoms with van der Waals surface area (Å²) in [6, 6.07) is 7.86. The van der Waals surface area contributed by atoms with Crippen LogP contribution >= 0.6 is 0 Å². The van der Waals surface area contributed by atoms with Crippen molar-refractivity contribution in [2.24, 2.45) is 0 Å². The number of hydrogen-bond donors (Lipinski definition) is 0. The first-order chi connectivity index (χ1) is 11.2. The van der Waals surface area contributed by atoms with Gasteiger partial charge in [0.15, 0.2) is 11.9 Å². The standard InChI is InChI=1S/C17H19N3O3/c1-11-18-16(23-19-11)12-6-8-20(9-7-12)17(21)15-10-13-4-2-3-5-14(13)22-15/h2-5,12,15H,6-10H2,1H3/t15-/m0/s1. The predicted octanol–water partition coefficient (Wildman–Crippen LogP) is 2.09. The van der Waals surface area contributed by atoms with Crippen LogP contribution in [0.4, 0.5) is 0 Å². The number of rotatable bonds is 2. The molecule has 120 valence electrons. The molecule has 1 aromatic carbocycles. The number of carbonyl (C=O) groups excluding carboxylic acids is 1. The normalized spacial score (nSPS) is 21.1. The smallest absolute Gasteiger partial charge is 0.263 e. The highest BCUT2D eigenvalue weighted by Gasteiger charge is 2.35. The molecule has 0 aliphatic carbocycles. The molecule has 0 saturated carbocycles. The summed E-state index contributed by atoms with van der Waals surface area (Å²) < 4.78 is 11.1. The van der Waals surface area contributed by atoms with Gasteiger partial charge in [-0.2, -0.15) is 4.98 Å². The summed E-state index contributed by atoms with van der Waals surface area (Å²) in [5, 5.41) is 3.85. The van der Waals surface area contributed by atoms with Crippen LogP contribution in [0, 0.1) is 6.92 Å². The van der Waals surface area contributed by atoms with Crippen LogP contribution in [-0.2, 0) is 11.2 Å². The molecular weight excluding hydrogens is 294 g/mol. The molecule has 2 aromatic rings. The molecule has 1 fully saturated rings. The third-order valence-electron chi connectivity index (χ3n) is 4.62. The quantitative estimate of drug-likeness (QED) is 0.849. The zero-order valence-electron chi connectivity index (χ0n) is 13.1. The van der Waals surface area contributed by atoms with Crippen molar-refractivity contribution in [3.63, 3.8) is 0 Å². The second-order valence-electron chi connectivity index (χ2n) is 6.20. The van der Waals surface area contributed by atoms with Gasteiger partial charge in [-0.25, -0.2) is 0 Å². The van der Waals surface area contributed by atoms with Gasteiger partial charge in [-0.15, -0.1) is 0 Å². The fraction of sp³-hybridized carbons (Fsp3) is 0.471. The number of hydrogen-bond acceptors (Lipinski definition) is 5. The van der Waals surface area contributed by atoms with Crippen molar-refractivity contribution in [2.75, 3.05) is 13.1 Å². The van der Waals surface area contributed by atoms with Crippen LogP contribution in [0.2, 0.25) is 0 Å². The van der Waals surface area contributed by atoms with Gasteiger partial charge in [-0.1, -0.05) is 23.4 Å². The van der Waals surface area contributed by atoms with E-state index in [-0.39, 0.29) is 17.9 Å². The third-order valence-corrected chi connectivity index (χ3v) is 4.62. The summed E-state index contributed by atoms with van der Waals surface area (Å²) in [6.07, 6.45) is 1.99. The van der Waals surface area contributed by atoms with E-state index >= 15 is 0 Å². The van der Waals surface area contributed by atoms with Crippen LogP contribution in [0.5, 0.6) is 5.75 Å². The van der Waals surface area contributed by atoms with Gasteiger partial charge < -0.3 is 14.2 Å². The van der Waals surface area contributed by atoms with Crippen LogP contribution in [0.15, 0.2) is 28.8 Å². The zero-order chi connectivity index (χ0) is 15.8. The summed E-state index contributed by atoms with van der Waals surface area (Å²) in [6.45, 7) is 3.24. The van der Waals surface area contributed by atoms with Gasteiger partial charge in [0.2, 0.25) is 5.89 Å². The van der Waals surface area contributed by atoms with E-state index in [0.717, 1.165) is 24.2 Å². The lowest BCUT2D eigenvalue weighted by Gasteiger charge is -2.31. The van der Waals surface area contributed by atoms with E-state index < -0.39 is 0 Å². The molecule has 4 rings (SSSR count). The Kier molecular flexibility index (Phi) is 3.52. The number of para-hydroxylation sites is 1. The number of nitrogens with zero attached hydrogens (tertiary/aromatic N) is 3. The topological polar surface area (TPSA) is 68.5 Å². The highest BCUT2D eigenvalue weighted by Crippen LogP contribution is 2.31. The lowest BCUT2D eigenvalue weighted by Crippen LogP contribution is -2.45. The van der Waals surface area contributed by atoms with Crippen molar-refractivity contribution in [3.05, 3.63) is 41.5 Å². The van der Waals surface area contributed by atoms with Crippen LogP contribution in [-0.4, -0.2) is 40.1 Å². The van der Waals surface area contributed by atoms with Crippen molar-refractivity contribution in [3.8, 4) is 5.75 Å². The molecule has 2 aliphatic heterocycles. The summed E-state index contributed by atoms with van der Waals surface area (Å²) in [5.41, 5.74) is 1.11. The number of piperidine rings is 1. The average Bonchev–Trinajstić information content (AvgIpc) is 3.20. The Morgan fingerprint density at radius 3 is 2.74 bits per heavy atom. The summed E-state index contributed by atoms with van der Waals surface area (Å²) >= 11 is 0. The number of aromatic nitrogens is 2. The van der Waals surface area contributed by atoms with Crippen molar-refractivity contribution >= 4 is 5.91 Å². The third kappa shape index (κ3) is 2.69. The molecule has 6 heteroatoms. The zero-order valence-corrected chi connectivity index (χ0v) is 13.1. The number of ether oxygens (including phenoxy) is 1. The SMILES string of the molecule is Cc1noc(C2CCN(C(=O)[C@@H]3Cc4ccccc4O3)CC2)n1. The van der Waals surface area contributed by atoms with E-state index in [1.165, 1.54) is 0 Å². The molecule has 0 N–H and O–H groups in total. The highest BCUT2D eigenvalue weighted by atomic mass is 16.5. The molecule has 1 aromatic heterocycles. The Bertz CT molecular complexity index is 694. The van der Waals surface area contributed by atoms with Crippen LogP contribution in [0.1, 0.15) is 36.0 Å². The lowest BCUT2D eigenvalue weighted by atomic mass is 9.96. The number of aryl methyl sites for hydroxylation is 1. The maximum Gasteiger partial charge on any atom is 0.263 e. The van der Waals surface area contributed by atoms with Crippen LogP contribution in [0.3, 0.4) is 0 Å². The minimum atomic E-state index is -0.380. The minimum absolute atomic E-state index is 0.0846. The minimum Gasteiger partial charge on any atom is -0.480 e. The van der Waals surface area contributed by atoms with Crippen LogP contribution < -0.4 is 4.74 Å². The fourth-order valence-corrected chi connectivity index (χ4v) is 3.35. The first kappa shape index (κ1) is 14.2. The largest absolute Gasteiger partial charge is 0.480 e. The first-order valence-corrected chi connectivity index (χ1v) is 8.04. The fourth-order valence-electron chi connectivity index (χ4n) is 3.35. The number of carbonyl (C=O) groups is 1. The van der Waals surface area contributed by atoms with Gasteiger partial charge in [0.25, 0.3) is 5.91 Å². The van der Waals surface area contributed by atoms with E-state index in [1.807, 2.05) is 36.1 Å². The van der Waals surface area contributed by atoms with Crippen molar-refractivity contribution in [1.29, 1.82) is 0 Å². The van der Waals surface area contributed by atoms with E-state index in [2.05, 4.69) is 10.1 Å². The van der Waals surface area contributed by atoms with E-state index in [0.29, 0.717) is 31.2 Å². The Morgan fingerprint density at radius 2 is 2.04 bits per heavy atom. The predicted molar refractivity (Wildman–Crippen MR) is 82.2 cm³/mol. The Hall–Kier alpha value is -2.37. The maximum atomic E-state index is 12.7. The molecule has 0 radical (unpaired) electrons. The van der Waals surface area contributed by atoms with E-state index in [9.17, 15) is 4.79 Å². The van der Waals surface area contributed by atoms with E-state index in [4.69, 9.17) is 9.26 Å². The van der Waals surface area contributed by atoms with Gasteiger partial charge >= 0.3 is 0 Å². The van der Waals surface area contributed by atoms with Gasteiger partial charge in [0.1, 0.15) is 5.75 Å². The molecule has 0 unspecified atom stereocenters. The summed E-state index contributed by atoms with van der Waals surface area (Å²) in [4.78, 5) is 18.9. The molecule has 0 spiro atoms. The van der Waals surface area contributed by atoms with Crippen molar-refractivity contribution in [1.82, 2.24) is 15.0 Å². The molecule has 6 nitrogen and oxygen atoms in total. The van der Waals surface area contributed by atoms with E-state index in [1.54, 1.807) is 0 Å². The number of likely N-dealkylation sites (tertiary alicyclic amines) is 1. The van der Waals surface area contributed by atoms with Crippen LogP contribution in [0.25, 0.3) is 0 Å². The Labute approximate surface area is 134 Å².